The van der Waals surface area contributed by atoms with Crippen LogP contribution < -0.4 is 0 Å². The predicted octanol–water partition coefficient (Wildman–Crippen LogP) is 5.37. The van der Waals surface area contributed by atoms with Crippen molar-refractivity contribution in [3.05, 3.63) is 23.8 Å². The summed E-state index contributed by atoms with van der Waals surface area (Å²) in [6.07, 6.45) is 12.5. The molecule has 2 aliphatic heterocycles. The summed E-state index contributed by atoms with van der Waals surface area (Å²) in [6, 6.07) is 0. The van der Waals surface area contributed by atoms with Gasteiger partial charge >= 0.3 is 11.9 Å². The van der Waals surface area contributed by atoms with Gasteiger partial charge in [0.1, 0.15) is 11.7 Å². The van der Waals surface area contributed by atoms with Crippen molar-refractivity contribution in [2.24, 2.45) is 45.3 Å². The van der Waals surface area contributed by atoms with E-state index in [2.05, 4.69) is 32.9 Å². The Morgan fingerprint density at radius 1 is 1.09 bits per heavy atom. The molecule has 0 aromatic heterocycles. The quantitative estimate of drug-likeness (QED) is 0.536. The summed E-state index contributed by atoms with van der Waals surface area (Å²) < 4.78 is 11.7. The number of ether oxygens (including phenoxy) is 2. The molecule has 35 heavy (non-hydrogen) atoms. The van der Waals surface area contributed by atoms with Crippen LogP contribution in [0, 0.1) is 45.3 Å². The highest BCUT2D eigenvalue weighted by Crippen LogP contribution is 2.87. The van der Waals surface area contributed by atoms with E-state index in [1.54, 1.807) is 6.08 Å². The maximum atomic E-state index is 12.4. The summed E-state index contributed by atoms with van der Waals surface area (Å²) in [5.74, 6) is 0.711. The lowest BCUT2D eigenvalue weighted by Crippen LogP contribution is -2.59. The predicted molar refractivity (Wildman–Crippen MR) is 132 cm³/mol. The van der Waals surface area contributed by atoms with Gasteiger partial charge in [-0.25, -0.2) is 9.59 Å². The second-order valence-corrected chi connectivity index (χ2v) is 14.0. The Kier molecular flexibility index (Phi) is 4.77. The van der Waals surface area contributed by atoms with E-state index < -0.39 is 11.7 Å². The normalized spacial score (nSPS) is 52.5. The lowest BCUT2D eigenvalue weighted by atomic mass is 9.43. The van der Waals surface area contributed by atoms with E-state index in [1.165, 1.54) is 0 Å². The van der Waals surface area contributed by atoms with Crippen molar-refractivity contribution in [3.8, 4) is 0 Å². The zero-order valence-electron chi connectivity index (χ0n) is 22.2. The first-order valence-electron chi connectivity index (χ1n) is 13.8. The summed E-state index contributed by atoms with van der Waals surface area (Å²) in [5.41, 5.74) is 0.278. The summed E-state index contributed by atoms with van der Waals surface area (Å²) >= 11 is 0. The van der Waals surface area contributed by atoms with Crippen LogP contribution in [0.5, 0.6) is 0 Å². The molecule has 0 saturated heterocycles. The molecule has 5 heteroatoms. The van der Waals surface area contributed by atoms with Crippen molar-refractivity contribution in [3.63, 3.8) is 0 Å². The maximum Gasteiger partial charge on any atom is 0.333 e. The molecule has 10 atom stereocenters. The third-order valence-corrected chi connectivity index (χ3v) is 12.5. The van der Waals surface area contributed by atoms with Gasteiger partial charge in [0.05, 0.1) is 6.10 Å². The molecule has 2 heterocycles. The number of hydrogen-bond acceptors (Lipinski definition) is 5. The molecule has 0 aromatic carbocycles. The minimum absolute atomic E-state index is 0.0476. The van der Waals surface area contributed by atoms with E-state index in [0.717, 1.165) is 50.5 Å². The van der Waals surface area contributed by atoms with Crippen LogP contribution in [-0.4, -0.2) is 34.9 Å². The minimum atomic E-state index is -0.681. The fourth-order valence-electron chi connectivity index (χ4n) is 10.7. The summed E-state index contributed by atoms with van der Waals surface area (Å²) in [4.78, 5) is 24.7. The number of rotatable bonds is 2. The van der Waals surface area contributed by atoms with E-state index in [4.69, 9.17) is 9.47 Å². The standard InChI is InChI=1S/C30H42O5/c1-17-7-8-21(34-25(17)33)18(2)19-9-11-28(6)22-15-20(31)24-26(3,4)35-23(32)10-12-30(24)16-29(22,30)14-13-27(19,28)5/h7,10,12,18-22,24,31H,8-9,11,13-16H2,1-6H3/t18-,19+,20+,21-,22-,24-,27+,28-,29-,30+/m0/s1. The molecule has 0 aromatic rings. The van der Waals surface area contributed by atoms with Gasteiger partial charge in [0.15, 0.2) is 0 Å². The van der Waals surface area contributed by atoms with Gasteiger partial charge < -0.3 is 14.6 Å². The Labute approximate surface area is 209 Å². The average Bonchev–Trinajstić information content (AvgIpc) is 3.37. The number of aliphatic hydroxyl groups excluding tert-OH is 1. The van der Waals surface area contributed by atoms with Crippen molar-refractivity contribution in [2.45, 2.75) is 104 Å². The SMILES string of the molecule is CC1=CC[C@@H]([C@@H](C)[C@H]2CC[C@@]3(C)[C@@H]4C[C@@H](O)[C@H]5C(C)(C)OC(=O)C=C[C@@]56C[C@@]46CC[C@]23C)OC1=O. The average molecular weight is 483 g/mol. The van der Waals surface area contributed by atoms with Crippen LogP contribution in [0.15, 0.2) is 23.8 Å². The molecule has 0 bridgehead atoms. The fraction of sp³-hybridized carbons (Fsp3) is 0.800. The van der Waals surface area contributed by atoms with Gasteiger partial charge in [-0.2, -0.15) is 0 Å². The number of carbonyl (C=O) groups is 2. The maximum absolute atomic E-state index is 12.4. The molecule has 5 nitrogen and oxygen atoms in total. The van der Waals surface area contributed by atoms with E-state index in [1.807, 2.05) is 20.8 Å². The van der Waals surface area contributed by atoms with Crippen LogP contribution in [0.4, 0.5) is 0 Å². The third kappa shape index (κ3) is 2.80. The number of carbonyl (C=O) groups excluding carboxylic acids is 2. The molecule has 192 valence electrons. The van der Waals surface area contributed by atoms with Crippen molar-refractivity contribution in [1.29, 1.82) is 0 Å². The van der Waals surface area contributed by atoms with Crippen LogP contribution in [-0.2, 0) is 19.1 Å². The van der Waals surface area contributed by atoms with Gasteiger partial charge in [-0.15, -0.1) is 0 Å². The lowest BCUT2D eigenvalue weighted by molar-refractivity contribution is -0.188. The molecule has 6 rings (SSSR count). The smallest absolute Gasteiger partial charge is 0.333 e. The first-order valence-corrected chi connectivity index (χ1v) is 13.8. The molecule has 4 saturated carbocycles. The van der Waals surface area contributed by atoms with E-state index in [-0.39, 0.29) is 45.6 Å². The van der Waals surface area contributed by atoms with Gasteiger partial charge in [0, 0.05) is 29.4 Å². The van der Waals surface area contributed by atoms with E-state index in [9.17, 15) is 14.7 Å². The molecule has 0 amide bonds. The van der Waals surface area contributed by atoms with Crippen molar-refractivity contribution in [1.82, 2.24) is 0 Å². The van der Waals surface area contributed by atoms with Gasteiger partial charge in [-0.05, 0) is 93.3 Å². The van der Waals surface area contributed by atoms with Crippen LogP contribution >= 0.6 is 0 Å². The largest absolute Gasteiger partial charge is 0.458 e. The Balaban J connectivity index is 1.34. The van der Waals surface area contributed by atoms with Crippen molar-refractivity contribution < 1.29 is 24.2 Å². The minimum Gasteiger partial charge on any atom is -0.458 e. The van der Waals surface area contributed by atoms with Gasteiger partial charge in [0.2, 0.25) is 0 Å². The molecule has 2 spiro atoms. The lowest BCUT2D eigenvalue weighted by Gasteiger charge is -2.62. The van der Waals surface area contributed by atoms with Gasteiger partial charge in [0.25, 0.3) is 0 Å². The second kappa shape index (κ2) is 7.02. The molecule has 6 aliphatic rings. The highest BCUT2D eigenvalue weighted by Gasteiger charge is 2.83. The summed E-state index contributed by atoms with van der Waals surface area (Å²) in [7, 11) is 0. The van der Waals surface area contributed by atoms with Crippen LogP contribution in [0.3, 0.4) is 0 Å². The zero-order valence-corrected chi connectivity index (χ0v) is 22.2. The first kappa shape index (κ1) is 23.8. The number of hydrogen-bond donors (Lipinski definition) is 1. The van der Waals surface area contributed by atoms with E-state index in [0.29, 0.717) is 17.8 Å². The van der Waals surface area contributed by atoms with E-state index >= 15 is 0 Å². The number of cyclic esters (lactones) is 2. The van der Waals surface area contributed by atoms with Crippen LogP contribution in [0.1, 0.15) is 86.5 Å². The number of allylic oxidation sites excluding steroid dienone is 1. The third-order valence-electron chi connectivity index (χ3n) is 12.5. The highest BCUT2D eigenvalue weighted by molar-refractivity contribution is 5.88. The van der Waals surface area contributed by atoms with Gasteiger partial charge in [-0.3, -0.25) is 0 Å². The topological polar surface area (TPSA) is 72.8 Å². The molecule has 4 aliphatic carbocycles. The van der Waals surface area contributed by atoms with Crippen LogP contribution in [0.25, 0.3) is 0 Å². The first-order chi connectivity index (χ1) is 16.3. The molecule has 0 radical (unpaired) electrons. The second-order valence-electron chi connectivity index (χ2n) is 14.0. The molecule has 0 unspecified atom stereocenters. The molecule has 4 fully saturated rings. The van der Waals surface area contributed by atoms with Gasteiger partial charge in [-0.1, -0.05) is 32.9 Å². The highest BCUT2D eigenvalue weighted by atomic mass is 16.6. The number of aliphatic hydroxyl groups is 1. The Hall–Kier alpha value is -1.62. The molecular formula is C30H42O5. The molecule has 1 N–H and O–H groups in total. The fourth-order valence-corrected chi connectivity index (χ4v) is 10.7. The molecular weight excluding hydrogens is 440 g/mol. The Bertz CT molecular complexity index is 1040. The monoisotopic (exact) mass is 482 g/mol. The number of fused-ring (bicyclic) bond motifs is 2. The zero-order chi connectivity index (χ0) is 25.2. The Morgan fingerprint density at radius 2 is 1.83 bits per heavy atom. The van der Waals surface area contributed by atoms with Crippen LogP contribution in [0.2, 0.25) is 0 Å². The number of esters is 2. The summed E-state index contributed by atoms with van der Waals surface area (Å²) in [6.45, 7) is 13.1. The Morgan fingerprint density at radius 3 is 2.54 bits per heavy atom. The van der Waals surface area contributed by atoms with Crippen molar-refractivity contribution >= 4 is 11.9 Å². The summed E-state index contributed by atoms with van der Waals surface area (Å²) in [5, 5.41) is 11.6. The van der Waals surface area contributed by atoms with Crippen molar-refractivity contribution in [2.75, 3.05) is 0 Å².